The second-order valence-corrected chi connectivity index (χ2v) is 5.20. The summed E-state index contributed by atoms with van der Waals surface area (Å²) in [5, 5.41) is 3.47. The highest BCUT2D eigenvalue weighted by Gasteiger charge is 2.19. The first-order valence-electron chi connectivity index (χ1n) is 6.02. The third-order valence-electron chi connectivity index (χ3n) is 3.17. The van der Waals surface area contributed by atoms with Crippen molar-refractivity contribution in [1.82, 2.24) is 5.32 Å². The molecule has 15 heavy (non-hydrogen) atoms. The van der Waals surface area contributed by atoms with Gasteiger partial charge in [-0.05, 0) is 31.5 Å². The summed E-state index contributed by atoms with van der Waals surface area (Å²) in [7, 11) is 2.08. The summed E-state index contributed by atoms with van der Waals surface area (Å²) in [4.78, 5) is 3.00. The molecule has 0 saturated carbocycles. The first-order chi connectivity index (χ1) is 7.26. The molecule has 1 unspecified atom stereocenters. The van der Waals surface area contributed by atoms with Crippen molar-refractivity contribution >= 4 is 11.3 Å². The van der Waals surface area contributed by atoms with Crippen molar-refractivity contribution in [2.24, 2.45) is 5.92 Å². The van der Waals surface area contributed by atoms with Gasteiger partial charge in [-0.3, -0.25) is 0 Å². The van der Waals surface area contributed by atoms with Crippen molar-refractivity contribution in [2.75, 3.05) is 7.05 Å². The average Bonchev–Trinajstić information content (AvgIpc) is 2.73. The molecule has 1 N–H and O–H groups in total. The average molecular weight is 225 g/mol. The van der Waals surface area contributed by atoms with Crippen LogP contribution in [0.15, 0.2) is 12.1 Å². The lowest BCUT2D eigenvalue weighted by Crippen LogP contribution is -2.23. The smallest absolute Gasteiger partial charge is 0.0440 e. The Morgan fingerprint density at radius 2 is 1.87 bits per heavy atom. The molecule has 1 aromatic rings. The van der Waals surface area contributed by atoms with Gasteiger partial charge in [0, 0.05) is 15.8 Å². The molecule has 0 aliphatic heterocycles. The summed E-state index contributed by atoms with van der Waals surface area (Å²) < 4.78 is 0. The van der Waals surface area contributed by atoms with E-state index in [9.17, 15) is 0 Å². The lowest BCUT2D eigenvalue weighted by molar-refractivity contribution is 0.364. The van der Waals surface area contributed by atoms with Crippen LogP contribution < -0.4 is 5.32 Å². The van der Waals surface area contributed by atoms with Gasteiger partial charge in [0.15, 0.2) is 0 Å². The van der Waals surface area contributed by atoms with E-state index in [4.69, 9.17) is 0 Å². The topological polar surface area (TPSA) is 12.0 Å². The van der Waals surface area contributed by atoms with Crippen LogP contribution in [0.2, 0.25) is 0 Å². The van der Waals surface area contributed by atoms with Crippen LogP contribution in [-0.4, -0.2) is 7.05 Å². The van der Waals surface area contributed by atoms with Gasteiger partial charge in [0.2, 0.25) is 0 Å². The Morgan fingerprint density at radius 3 is 2.27 bits per heavy atom. The molecule has 1 rings (SSSR count). The van der Waals surface area contributed by atoms with Crippen LogP contribution >= 0.6 is 11.3 Å². The van der Waals surface area contributed by atoms with Gasteiger partial charge in [0.05, 0.1) is 0 Å². The Morgan fingerprint density at radius 1 is 1.20 bits per heavy atom. The molecule has 1 atom stereocenters. The summed E-state index contributed by atoms with van der Waals surface area (Å²) in [5.41, 5.74) is 0. The summed E-state index contributed by atoms with van der Waals surface area (Å²) in [6, 6.07) is 5.11. The Hall–Kier alpha value is -0.340. The number of hydrogen-bond acceptors (Lipinski definition) is 2. The molecule has 0 aromatic carbocycles. The van der Waals surface area contributed by atoms with Gasteiger partial charge in [-0.2, -0.15) is 0 Å². The summed E-state index contributed by atoms with van der Waals surface area (Å²) in [5.74, 6) is 0.762. The van der Waals surface area contributed by atoms with E-state index in [0.29, 0.717) is 6.04 Å². The molecule has 1 aromatic heterocycles. The molecule has 0 spiro atoms. The second-order valence-electron chi connectivity index (χ2n) is 4.00. The fourth-order valence-corrected chi connectivity index (χ4v) is 3.28. The van der Waals surface area contributed by atoms with Crippen molar-refractivity contribution in [3.8, 4) is 0 Å². The minimum absolute atomic E-state index is 0.547. The van der Waals surface area contributed by atoms with E-state index in [0.717, 1.165) is 12.3 Å². The predicted octanol–water partition coefficient (Wildman–Crippen LogP) is 4.01. The van der Waals surface area contributed by atoms with Crippen molar-refractivity contribution < 1.29 is 0 Å². The largest absolute Gasteiger partial charge is 0.312 e. The molecule has 0 amide bonds. The van der Waals surface area contributed by atoms with Crippen LogP contribution in [0.3, 0.4) is 0 Å². The highest BCUT2D eigenvalue weighted by molar-refractivity contribution is 7.12. The van der Waals surface area contributed by atoms with E-state index < -0.39 is 0 Å². The molecular formula is C13H23NS. The minimum atomic E-state index is 0.547. The molecule has 1 heterocycles. The zero-order valence-electron chi connectivity index (χ0n) is 10.3. The quantitative estimate of drug-likeness (QED) is 0.771. The maximum absolute atomic E-state index is 3.47. The van der Waals surface area contributed by atoms with Crippen LogP contribution in [0.4, 0.5) is 0 Å². The Bertz CT molecular complexity index is 276. The first-order valence-corrected chi connectivity index (χ1v) is 6.84. The van der Waals surface area contributed by atoms with Gasteiger partial charge in [0.1, 0.15) is 0 Å². The fourth-order valence-electron chi connectivity index (χ4n) is 2.12. The Balaban J connectivity index is 2.81. The first kappa shape index (κ1) is 12.7. The van der Waals surface area contributed by atoms with Crippen molar-refractivity contribution in [3.05, 3.63) is 21.9 Å². The molecule has 0 fully saturated rings. The van der Waals surface area contributed by atoms with Crippen molar-refractivity contribution in [2.45, 2.75) is 46.1 Å². The maximum atomic E-state index is 3.47. The third-order valence-corrected chi connectivity index (χ3v) is 4.48. The molecule has 0 bridgehead atoms. The van der Waals surface area contributed by atoms with Crippen LogP contribution in [0, 0.1) is 5.92 Å². The number of rotatable bonds is 6. The van der Waals surface area contributed by atoms with Gasteiger partial charge in [0.25, 0.3) is 0 Å². The molecule has 0 aliphatic carbocycles. The molecular weight excluding hydrogens is 202 g/mol. The van der Waals surface area contributed by atoms with Crippen molar-refractivity contribution in [1.29, 1.82) is 0 Å². The lowest BCUT2D eigenvalue weighted by Gasteiger charge is -2.23. The zero-order chi connectivity index (χ0) is 11.3. The van der Waals surface area contributed by atoms with Gasteiger partial charge in [-0.25, -0.2) is 0 Å². The highest BCUT2D eigenvalue weighted by atomic mass is 32.1. The predicted molar refractivity (Wildman–Crippen MR) is 69.6 cm³/mol. The second kappa shape index (κ2) is 6.29. The van der Waals surface area contributed by atoms with Gasteiger partial charge in [-0.15, -0.1) is 11.3 Å². The normalized spacial score (nSPS) is 13.4. The summed E-state index contributed by atoms with van der Waals surface area (Å²) >= 11 is 1.96. The van der Waals surface area contributed by atoms with E-state index in [2.05, 4.69) is 45.3 Å². The fraction of sp³-hybridized carbons (Fsp3) is 0.692. The Kier molecular flexibility index (Phi) is 5.34. The van der Waals surface area contributed by atoms with E-state index >= 15 is 0 Å². The monoisotopic (exact) mass is 225 g/mol. The molecule has 0 saturated heterocycles. The minimum Gasteiger partial charge on any atom is -0.312 e. The lowest BCUT2D eigenvalue weighted by atomic mass is 9.93. The van der Waals surface area contributed by atoms with Crippen molar-refractivity contribution in [3.63, 3.8) is 0 Å². The van der Waals surface area contributed by atoms with Crippen LogP contribution in [0.5, 0.6) is 0 Å². The van der Waals surface area contributed by atoms with Crippen LogP contribution in [0.25, 0.3) is 0 Å². The molecule has 0 aliphatic rings. The SMILES string of the molecule is CCc1ccc(C(NC)C(CC)CC)s1. The number of nitrogens with one attached hydrogen (secondary N) is 1. The van der Waals surface area contributed by atoms with E-state index in [1.54, 1.807) is 0 Å². The van der Waals surface area contributed by atoms with Gasteiger partial charge in [-0.1, -0.05) is 33.6 Å². The van der Waals surface area contributed by atoms with Crippen LogP contribution in [-0.2, 0) is 6.42 Å². The van der Waals surface area contributed by atoms with Gasteiger partial charge < -0.3 is 5.32 Å². The summed E-state index contributed by atoms with van der Waals surface area (Å²) in [6.07, 6.45) is 3.66. The third kappa shape index (κ3) is 3.05. The van der Waals surface area contributed by atoms with Gasteiger partial charge >= 0.3 is 0 Å². The molecule has 2 heteroatoms. The van der Waals surface area contributed by atoms with E-state index in [-0.39, 0.29) is 0 Å². The van der Waals surface area contributed by atoms with Crippen LogP contribution in [0.1, 0.15) is 49.4 Å². The number of aryl methyl sites for hydroxylation is 1. The molecule has 1 nitrogen and oxygen atoms in total. The number of thiophene rings is 1. The number of hydrogen-bond donors (Lipinski definition) is 1. The summed E-state index contributed by atoms with van der Waals surface area (Å²) in [6.45, 7) is 6.79. The molecule has 0 radical (unpaired) electrons. The van der Waals surface area contributed by atoms with E-state index in [1.165, 1.54) is 22.6 Å². The Labute approximate surface area is 97.9 Å². The highest BCUT2D eigenvalue weighted by Crippen LogP contribution is 2.31. The van der Waals surface area contributed by atoms with E-state index in [1.807, 2.05) is 11.3 Å². The zero-order valence-corrected chi connectivity index (χ0v) is 11.2. The molecule has 86 valence electrons. The standard InChI is InChI=1S/C13H23NS/c1-5-10(6-2)13(14-4)12-9-8-11(7-3)15-12/h8-10,13-14H,5-7H2,1-4H3. The maximum Gasteiger partial charge on any atom is 0.0440 e.